The van der Waals surface area contributed by atoms with Gasteiger partial charge in [-0.3, -0.25) is 0 Å². The summed E-state index contributed by atoms with van der Waals surface area (Å²) in [5, 5.41) is 0. The highest BCUT2D eigenvalue weighted by atomic mass is 14.8. The van der Waals surface area contributed by atoms with E-state index < -0.39 is 0 Å². The summed E-state index contributed by atoms with van der Waals surface area (Å²) in [6.45, 7) is 2.55. The minimum Gasteiger partial charge on any atom is -0.325 e. The quantitative estimate of drug-likeness (QED) is 0.846. The summed E-state index contributed by atoms with van der Waals surface area (Å²) < 4.78 is 0. The summed E-state index contributed by atoms with van der Waals surface area (Å²) in [7, 11) is 0. The zero-order valence-corrected chi connectivity index (χ0v) is 9.35. The Kier molecular flexibility index (Phi) is 3.27. The van der Waals surface area contributed by atoms with Gasteiger partial charge in [0.2, 0.25) is 0 Å². The molecule has 0 aliphatic rings. The Morgan fingerprint density at radius 1 is 1.06 bits per heavy atom. The van der Waals surface area contributed by atoms with Crippen LogP contribution in [0.1, 0.15) is 22.5 Å². The third kappa shape index (κ3) is 2.64. The van der Waals surface area contributed by atoms with Gasteiger partial charge in [0.15, 0.2) is 0 Å². The van der Waals surface area contributed by atoms with Gasteiger partial charge in [0.05, 0.1) is 5.69 Å². The van der Waals surface area contributed by atoms with Crippen LogP contribution in [0.2, 0.25) is 0 Å². The molecule has 1 aromatic carbocycles. The molecular weight excluding hydrogens is 198 g/mol. The Morgan fingerprint density at radius 3 is 2.44 bits per heavy atom. The van der Waals surface area contributed by atoms with Crippen LogP contribution in [0.4, 0.5) is 0 Å². The Balaban J connectivity index is 2.16. The lowest BCUT2D eigenvalue weighted by Gasteiger charge is -2.03. The van der Waals surface area contributed by atoms with Crippen molar-refractivity contribution < 1.29 is 0 Å². The standard InChI is InChI=1S/C13H15N3/c1-10-2-4-11(5-3-10)6-12-7-13(8-14)16-9-15-12/h2-5,7,9H,6,8,14H2,1H3. The topological polar surface area (TPSA) is 51.8 Å². The minimum absolute atomic E-state index is 0.462. The van der Waals surface area contributed by atoms with Crippen molar-refractivity contribution in [3.05, 3.63) is 59.2 Å². The van der Waals surface area contributed by atoms with Gasteiger partial charge in [-0.2, -0.15) is 0 Å². The van der Waals surface area contributed by atoms with Crippen LogP contribution < -0.4 is 5.73 Å². The molecule has 0 saturated carbocycles. The zero-order chi connectivity index (χ0) is 11.4. The summed E-state index contributed by atoms with van der Waals surface area (Å²) in [5.41, 5.74) is 9.97. The lowest BCUT2D eigenvalue weighted by molar-refractivity contribution is 0.928. The average Bonchev–Trinajstić information content (AvgIpc) is 2.32. The van der Waals surface area contributed by atoms with Gasteiger partial charge >= 0.3 is 0 Å². The Hall–Kier alpha value is -1.74. The van der Waals surface area contributed by atoms with E-state index >= 15 is 0 Å². The summed E-state index contributed by atoms with van der Waals surface area (Å²) in [6.07, 6.45) is 2.40. The molecule has 2 rings (SSSR count). The third-order valence-corrected chi connectivity index (χ3v) is 2.50. The maximum atomic E-state index is 5.54. The van der Waals surface area contributed by atoms with Crippen LogP contribution in [0.5, 0.6) is 0 Å². The minimum atomic E-state index is 0.462. The van der Waals surface area contributed by atoms with E-state index in [1.807, 2.05) is 6.07 Å². The predicted molar refractivity (Wildman–Crippen MR) is 63.9 cm³/mol. The van der Waals surface area contributed by atoms with Crippen molar-refractivity contribution in [2.24, 2.45) is 5.73 Å². The normalized spacial score (nSPS) is 10.4. The van der Waals surface area contributed by atoms with Gasteiger partial charge < -0.3 is 5.73 Å². The second kappa shape index (κ2) is 4.86. The first-order valence-corrected chi connectivity index (χ1v) is 5.33. The molecule has 1 aromatic heterocycles. The van der Waals surface area contributed by atoms with Gasteiger partial charge in [-0.05, 0) is 18.6 Å². The van der Waals surface area contributed by atoms with E-state index in [1.54, 1.807) is 6.33 Å². The maximum Gasteiger partial charge on any atom is 0.115 e. The van der Waals surface area contributed by atoms with Crippen molar-refractivity contribution in [1.82, 2.24) is 9.97 Å². The molecule has 0 fully saturated rings. The molecule has 0 aliphatic heterocycles. The van der Waals surface area contributed by atoms with Crippen molar-refractivity contribution in [2.45, 2.75) is 19.9 Å². The summed E-state index contributed by atoms with van der Waals surface area (Å²) in [6, 6.07) is 10.4. The fraction of sp³-hybridized carbons (Fsp3) is 0.231. The Morgan fingerprint density at radius 2 is 1.75 bits per heavy atom. The van der Waals surface area contributed by atoms with Gasteiger partial charge in [0.25, 0.3) is 0 Å². The molecule has 0 saturated heterocycles. The van der Waals surface area contributed by atoms with Crippen LogP contribution in [0, 0.1) is 6.92 Å². The van der Waals surface area contributed by atoms with Gasteiger partial charge in [-0.25, -0.2) is 9.97 Å². The van der Waals surface area contributed by atoms with Crippen LogP contribution in [0.3, 0.4) is 0 Å². The molecule has 0 amide bonds. The zero-order valence-electron chi connectivity index (χ0n) is 9.35. The van der Waals surface area contributed by atoms with E-state index in [4.69, 9.17) is 5.73 Å². The first kappa shape index (κ1) is 10.8. The van der Waals surface area contributed by atoms with Crippen molar-refractivity contribution in [2.75, 3.05) is 0 Å². The molecule has 1 heterocycles. The van der Waals surface area contributed by atoms with Crippen LogP contribution in [-0.2, 0) is 13.0 Å². The van der Waals surface area contributed by atoms with E-state index in [2.05, 4.69) is 41.2 Å². The van der Waals surface area contributed by atoms with Crippen molar-refractivity contribution in [3.63, 3.8) is 0 Å². The largest absolute Gasteiger partial charge is 0.325 e. The molecule has 3 heteroatoms. The number of hydrogen-bond acceptors (Lipinski definition) is 3. The highest BCUT2D eigenvalue weighted by Gasteiger charge is 1.99. The van der Waals surface area contributed by atoms with E-state index in [-0.39, 0.29) is 0 Å². The fourth-order valence-corrected chi connectivity index (χ4v) is 1.57. The van der Waals surface area contributed by atoms with Crippen molar-refractivity contribution in [3.8, 4) is 0 Å². The van der Waals surface area contributed by atoms with Crippen molar-refractivity contribution >= 4 is 0 Å². The maximum absolute atomic E-state index is 5.54. The number of aromatic nitrogens is 2. The highest BCUT2D eigenvalue weighted by Crippen LogP contribution is 2.09. The first-order chi connectivity index (χ1) is 7.78. The van der Waals surface area contributed by atoms with Gasteiger partial charge in [-0.15, -0.1) is 0 Å². The molecule has 82 valence electrons. The van der Waals surface area contributed by atoms with Gasteiger partial charge in [-0.1, -0.05) is 29.8 Å². The average molecular weight is 213 g/mol. The molecule has 0 atom stereocenters. The second-order valence-corrected chi connectivity index (χ2v) is 3.87. The number of benzene rings is 1. The van der Waals surface area contributed by atoms with Gasteiger partial charge in [0.1, 0.15) is 6.33 Å². The summed E-state index contributed by atoms with van der Waals surface area (Å²) in [5.74, 6) is 0. The van der Waals surface area contributed by atoms with Crippen LogP contribution in [0.15, 0.2) is 36.7 Å². The SMILES string of the molecule is Cc1ccc(Cc2cc(CN)ncn2)cc1. The number of rotatable bonds is 3. The molecule has 0 radical (unpaired) electrons. The Labute approximate surface area is 95.4 Å². The molecule has 2 N–H and O–H groups in total. The van der Waals surface area contributed by atoms with Crippen LogP contribution >= 0.6 is 0 Å². The fourth-order valence-electron chi connectivity index (χ4n) is 1.57. The predicted octanol–water partition coefficient (Wildman–Crippen LogP) is 1.83. The Bertz CT molecular complexity index is 463. The highest BCUT2D eigenvalue weighted by molar-refractivity contribution is 5.25. The van der Waals surface area contributed by atoms with E-state index in [0.717, 1.165) is 17.8 Å². The molecule has 0 bridgehead atoms. The molecule has 0 aliphatic carbocycles. The van der Waals surface area contributed by atoms with E-state index in [9.17, 15) is 0 Å². The molecule has 0 unspecified atom stereocenters. The van der Waals surface area contributed by atoms with Gasteiger partial charge in [0, 0.05) is 18.7 Å². The summed E-state index contributed by atoms with van der Waals surface area (Å²) in [4.78, 5) is 8.32. The third-order valence-electron chi connectivity index (χ3n) is 2.50. The second-order valence-electron chi connectivity index (χ2n) is 3.87. The molecular formula is C13H15N3. The molecule has 16 heavy (non-hydrogen) atoms. The smallest absolute Gasteiger partial charge is 0.115 e. The lowest BCUT2D eigenvalue weighted by atomic mass is 10.1. The monoisotopic (exact) mass is 213 g/mol. The number of aryl methyl sites for hydroxylation is 1. The number of hydrogen-bond donors (Lipinski definition) is 1. The van der Waals surface area contributed by atoms with Crippen LogP contribution in [0.25, 0.3) is 0 Å². The first-order valence-electron chi connectivity index (χ1n) is 5.33. The van der Waals surface area contributed by atoms with Crippen LogP contribution in [-0.4, -0.2) is 9.97 Å². The van der Waals surface area contributed by atoms with E-state index in [1.165, 1.54) is 11.1 Å². The summed E-state index contributed by atoms with van der Waals surface area (Å²) >= 11 is 0. The molecule has 2 aromatic rings. The van der Waals surface area contributed by atoms with E-state index in [0.29, 0.717) is 6.54 Å². The number of nitrogens with two attached hydrogens (primary N) is 1. The lowest BCUT2D eigenvalue weighted by Crippen LogP contribution is -2.02. The molecule has 3 nitrogen and oxygen atoms in total. The number of nitrogens with zero attached hydrogens (tertiary/aromatic N) is 2. The molecule has 0 spiro atoms. The van der Waals surface area contributed by atoms with Crippen molar-refractivity contribution in [1.29, 1.82) is 0 Å².